The molecule has 2 N–H and O–H groups in total. The molecule has 0 saturated heterocycles. The molecule has 3 unspecified atom stereocenters. The Balaban J connectivity index is 4.25. The highest BCUT2D eigenvalue weighted by molar-refractivity contribution is 7.45. The van der Waals surface area contributed by atoms with Gasteiger partial charge in [0.2, 0.25) is 5.91 Å². The Morgan fingerprint density at radius 2 is 0.861 bits per heavy atom. The van der Waals surface area contributed by atoms with Gasteiger partial charge < -0.3 is 28.8 Å². The largest absolute Gasteiger partial charge is 0.756 e. The van der Waals surface area contributed by atoms with Gasteiger partial charge in [-0.1, -0.05) is 259 Å². The molecule has 0 aliphatic rings. The number of phosphoric ester groups is 1. The van der Waals surface area contributed by atoms with Crippen molar-refractivity contribution in [2.75, 3.05) is 40.9 Å². The first kappa shape index (κ1) is 69.7. The summed E-state index contributed by atoms with van der Waals surface area (Å²) in [5.74, 6) is -0.212. The molecule has 0 fully saturated rings. The van der Waals surface area contributed by atoms with Crippen LogP contribution in [0.3, 0.4) is 0 Å². The smallest absolute Gasteiger partial charge is 0.268 e. The van der Waals surface area contributed by atoms with Crippen LogP contribution >= 0.6 is 7.82 Å². The topological polar surface area (TPSA) is 108 Å². The molecule has 0 aromatic heterocycles. The summed E-state index contributed by atoms with van der Waals surface area (Å²) >= 11 is 0. The van der Waals surface area contributed by atoms with Crippen LogP contribution in [0.4, 0.5) is 0 Å². The van der Waals surface area contributed by atoms with Crippen LogP contribution in [-0.4, -0.2) is 68.5 Å². The van der Waals surface area contributed by atoms with Crippen LogP contribution in [0.2, 0.25) is 0 Å². The Bertz CT molecular complexity index is 1450. The number of aliphatic hydroxyl groups is 1. The average Bonchev–Trinajstić information content (AvgIpc) is 3.34. The second-order valence-electron chi connectivity index (χ2n) is 21.3. The number of amides is 1. The van der Waals surface area contributed by atoms with E-state index in [-0.39, 0.29) is 12.5 Å². The minimum atomic E-state index is -4.61. The lowest BCUT2D eigenvalue weighted by Gasteiger charge is -2.29. The van der Waals surface area contributed by atoms with Gasteiger partial charge in [0.05, 0.1) is 39.9 Å². The molecular weight excluding hydrogens is 912 g/mol. The van der Waals surface area contributed by atoms with Crippen molar-refractivity contribution in [1.29, 1.82) is 0 Å². The molecule has 0 spiro atoms. The standard InChI is InChI=1S/C63H115N2O6P/c1-6-8-10-12-14-16-18-20-22-24-26-28-30-31-32-33-35-37-39-41-43-45-47-49-51-53-55-57-63(67)64-61(60-71-72(68,69)70-59-58-65(3,4)5)62(66)56-54-52-50-48-46-44-42-40-38-36-34-29-27-25-23-21-19-17-15-13-11-9-7-2/h8,10,14,16,20,22,26,28,31-32,46,48,54,56,61-62,66H,6-7,9,11-13,15,17-19,21,23-25,27,29-30,33-45,47,49-53,55,57-60H2,1-5H3,(H-,64,67,68,69)/b10-8-,16-14-,22-20-,28-26-,32-31-,48-46+,56-54+. The number of aliphatic hydroxyl groups excluding tert-OH is 1. The lowest BCUT2D eigenvalue weighted by atomic mass is 10.0. The molecule has 8 nitrogen and oxygen atoms in total. The Morgan fingerprint density at radius 3 is 1.29 bits per heavy atom. The van der Waals surface area contributed by atoms with Gasteiger partial charge in [0.1, 0.15) is 13.2 Å². The van der Waals surface area contributed by atoms with E-state index in [0.717, 1.165) is 70.6 Å². The molecule has 0 bridgehead atoms. The second kappa shape index (κ2) is 53.5. The van der Waals surface area contributed by atoms with Gasteiger partial charge in [0.25, 0.3) is 7.82 Å². The third-order valence-electron chi connectivity index (χ3n) is 13.1. The molecule has 1 amide bonds. The van der Waals surface area contributed by atoms with Crippen LogP contribution in [0.1, 0.15) is 258 Å². The number of hydrogen-bond donors (Lipinski definition) is 2. The van der Waals surface area contributed by atoms with Gasteiger partial charge in [0, 0.05) is 6.42 Å². The van der Waals surface area contributed by atoms with Crippen LogP contribution in [0, 0.1) is 0 Å². The zero-order valence-corrected chi connectivity index (χ0v) is 48.5. The molecule has 72 heavy (non-hydrogen) atoms. The number of quaternary nitrogens is 1. The van der Waals surface area contributed by atoms with Gasteiger partial charge in [-0.15, -0.1) is 0 Å². The van der Waals surface area contributed by atoms with Crippen LogP contribution in [0.25, 0.3) is 0 Å². The van der Waals surface area contributed by atoms with E-state index in [1.807, 2.05) is 27.2 Å². The number of unbranched alkanes of at least 4 members (excludes halogenated alkanes) is 29. The number of likely N-dealkylation sites (N-methyl/N-ethyl adjacent to an activating group) is 1. The quantitative estimate of drug-likeness (QED) is 0.0272. The summed E-state index contributed by atoms with van der Waals surface area (Å²) in [6.45, 7) is 4.53. The fourth-order valence-corrected chi connectivity index (χ4v) is 9.16. The van der Waals surface area contributed by atoms with E-state index >= 15 is 0 Å². The Morgan fingerprint density at radius 1 is 0.500 bits per heavy atom. The number of nitrogens with one attached hydrogen (secondary N) is 1. The molecule has 0 rings (SSSR count). The van der Waals surface area contributed by atoms with Gasteiger partial charge in [-0.05, 0) is 77.0 Å². The maximum atomic E-state index is 13.0. The Hall–Kier alpha value is -2.32. The molecular formula is C63H115N2O6P. The molecule has 9 heteroatoms. The minimum absolute atomic E-state index is 0.0102. The van der Waals surface area contributed by atoms with Gasteiger partial charge in [-0.3, -0.25) is 9.36 Å². The first-order chi connectivity index (χ1) is 35.0. The summed E-state index contributed by atoms with van der Waals surface area (Å²) in [5.41, 5.74) is 0. The van der Waals surface area contributed by atoms with Crippen molar-refractivity contribution in [3.05, 3.63) is 85.1 Å². The van der Waals surface area contributed by atoms with Crippen molar-refractivity contribution in [3.8, 4) is 0 Å². The maximum Gasteiger partial charge on any atom is 0.268 e. The van der Waals surface area contributed by atoms with E-state index in [1.165, 1.54) is 167 Å². The normalized spacial score (nSPS) is 14.5. The van der Waals surface area contributed by atoms with Crippen LogP contribution < -0.4 is 10.2 Å². The van der Waals surface area contributed by atoms with Crippen LogP contribution in [0.5, 0.6) is 0 Å². The zero-order chi connectivity index (χ0) is 52.7. The number of hydrogen-bond acceptors (Lipinski definition) is 6. The summed E-state index contributed by atoms with van der Waals surface area (Å²) in [5, 5.41) is 13.9. The van der Waals surface area contributed by atoms with Gasteiger partial charge in [-0.2, -0.15) is 0 Å². The Kier molecular flexibility index (Phi) is 51.8. The number of allylic oxidation sites excluding steroid dienone is 13. The van der Waals surface area contributed by atoms with Crippen molar-refractivity contribution in [2.45, 2.75) is 270 Å². The third-order valence-corrected chi connectivity index (χ3v) is 14.1. The highest BCUT2D eigenvalue weighted by Gasteiger charge is 2.23. The van der Waals surface area contributed by atoms with E-state index in [4.69, 9.17) is 9.05 Å². The molecule has 0 aliphatic heterocycles. The molecule has 0 aromatic rings. The molecule has 418 valence electrons. The fourth-order valence-electron chi connectivity index (χ4n) is 8.43. The first-order valence-electron chi connectivity index (χ1n) is 29.9. The van der Waals surface area contributed by atoms with Crippen molar-refractivity contribution in [3.63, 3.8) is 0 Å². The molecule has 0 heterocycles. The number of rotatable bonds is 54. The highest BCUT2D eigenvalue weighted by atomic mass is 31.2. The second-order valence-corrected chi connectivity index (χ2v) is 22.7. The van der Waals surface area contributed by atoms with Gasteiger partial charge in [-0.25, -0.2) is 0 Å². The molecule has 0 aromatic carbocycles. The van der Waals surface area contributed by atoms with E-state index < -0.39 is 26.6 Å². The van der Waals surface area contributed by atoms with E-state index in [2.05, 4.69) is 92.1 Å². The van der Waals surface area contributed by atoms with E-state index in [1.54, 1.807) is 6.08 Å². The Labute approximate surface area is 446 Å². The molecule has 0 aliphatic carbocycles. The van der Waals surface area contributed by atoms with E-state index in [0.29, 0.717) is 17.4 Å². The molecule has 0 radical (unpaired) electrons. The van der Waals surface area contributed by atoms with Gasteiger partial charge in [0.15, 0.2) is 0 Å². The average molecular weight is 1030 g/mol. The lowest BCUT2D eigenvalue weighted by molar-refractivity contribution is -0.870. The monoisotopic (exact) mass is 1030 g/mol. The van der Waals surface area contributed by atoms with Crippen LogP contribution in [-0.2, 0) is 18.4 Å². The predicted molar refractivity (Wildman–Crippen MR) is 311 cm³/mol. The fraction of sp³-hybridized carbons (Fsp3) is 0.762. The number of carbonyl (C=O) groups is 1. The lowest BCUT2D eigenvalue weighted by Crippen LogP contribution is -2.45. The van der Waals surface area contributed by atoms with Crippen LogP contribution in [0.15, 0.2) is 85.1 Å². The summed E-state index contributed by atoms with van der Waals surface area (Å²) in [4.78, 5) is 25.5. The van der Waals surface area contributed by atoms with Crippen molar-refractivity contribution in [2.24, 2.45) is 0 Å². The summed E-state index contributed by atoms with van der Waals surface area (Å²) in [6.07, 6.45) is 75.2. The van der Waals surface area contributed by atoms with E-state index in [9.17, 15) is 19.4 Å². The third kappa shape index (κ3) is 55.4. The first-order valence-corrected chi connectivity index (χ1v) is 31.4. The maximum absolute atomic E-state index is 13.0. The highest BCUT2D eigenvalue weighted by Crippen LogP contribution is 2.38. The SMILES string of the molecule is CC/C=C\C/C=C\C/C=C\C/C=C\C/C=C\CCCCCCCCCCCCCC(=O)NC(COP(=O)([O-])OCC[N+](C)(C)C)C(O)/C=C/CC/C=C/CCCCCCCCCCCCCCCCCCC. The number of carbonyl (C=O) groups excluding carboxylic acids is 1. The molecule has 0 saturated carbocycles. The van der Waals surface area contributed by atoms with Crippen molar-refractivity contribution >= 4 is 13.7 Å². The van der Waals surface area contributed by atoms with Crippen molar-refractivity contribution < 1.29 is 32.9 Å². The van der Waals surface area contributed by atoms with Crippen molar-refractivity contribution in [1.82, 2.24) is 5.32 Å². The zero-order valence-electron chi connectivity index (χ0n) is 47.6. The van der Waals surface area contributed by atoms with Gasteiger partial charge >= 0.3 is 0 Å². The minimum Gasteiger partial charge on any atom is -0.756 e. The summed E-state index contributed by atoms with van der Waals surface area (Å²) in [7, 11) is 1.24. The summed E-state index contributed by atoms with van der Waals surface area (Å²) < 4.78 is 23.4. The predicted octanol–water partition coefficient (Wildman–Crippen LogP) is 17.8. The number of nitrogens with zero attached hydrogens (tertiary/aromatic N) is 1. The summed E-state index contributed by atoms with van der Waals surface area (Å²) in [6, 6.07) is -0.911. The number of phosphoric acid groups is 1. The molecule has 3 atom stereocenters.